The molecule has 0 aliphatic heterocycles. The van der Waals surface area contributed by atoms with Crippen LogP contribution in [0.1, 0.15) is 18.4 Å². The smallest absolute Gasteiger partial charge is 0.246 e. The summed E-state index contributed by atoms with van der Waals surface area (Å²) in [6.07, 6.45) is 4.69. The summed E-state index contributed by atoms with van der Waals surface area (Å²) in [5.74, 6) is -0.445. The average molecular weight is 381 g/mol. The van der Waals surface area contributed by atoms with E-state index in [4.69, 9.17) is 4.74 Å². The number of carbonyl (C=O) groups is 2. The number of hydrogen-bond acceptors (Lipinski definition) is 5. The number of methoxy groups -OCH3 is 1. The quantitative estimate of drug-likeness (QED) is 0.633. The Kier molecular flexibility index (Phi) is 6.38. The molecule has 1 aromatic carbocycles. The zero-order valence-corrected chi connectivity index (χ0v) is 15.8. The highest BCUT2D eigenvalue weighted by molar-refractivity contribution is 7.89. The highest BCUT2D eigenvalue weighted by Gasteiger charge is 2.23. The molecule has 0 saturated heterocycles. The van der Waals surface area contributed by atoms with Gasteiger partial charge in [-0.1, -0.05) is 6.07 Å². The molecule has 0 heterocycles. The zero-order valence-electron chi connectivity index (χ0n) is 15.0. The Morgan fingerprint density at radius 1 is 1.31 bits per heavy atom. The van der Waals surface area contributed by atoms with Crippen molar-refractivity contribution >= 4 is 27.9 Å². The molecule has 1 aliphatic rings. The van der Waals surface area contributed by atoms with Gasteiger partial charge in [0.2, 0.25) is 21.8 Å². The average Bonchev–Trinajstić information content (AvgIpc) is 3.41. The van der Waals surface area contributed by atoms with Gasteiger partial charge in [0.1, 0.15) is 10.6 Å². The van der Waals surface area contributed by atoms with Crippen molar-refractivity contribution < 1.29 is 22.7 Å². The van der Waals surface area contributed by atoms with Gasteiger partial charge in [0.15, 0.2) is 0 Å². The molecule has 0 radical (unpaired) electrons. The molecule has 1 aliphatic carbocycles. The molecule has 8 nitrogen and oxygen atoms in total. The van der Waals surface area contributed by atoms with Crippen LogP contribution in [0.5, 0.6) is 5.75 Å². The Labute approximate surface area is 153 Å². The van der Waals surface area contributed by atoms with Crippen molar-refractivity contribution in [3.05, 3.63) is 29.8 Å². The summed E-state index contributed by atoms with van der Waals surface area (Å²) in [6, 6.07) is 4.83. The molecule has 0 bridgehead atoms. The van der Waals surface area contributed by atoms with Crippen LogP contribution >= 0.6 is 0 Å². The molecule has 1 fully saturated rings. The summed E-state index contributed by atoms with van der Waals surface area (Å²) in [5, 5.41) is 5.25. The minimum atomic E-state index is -3.69. The van der Waals surface area contributed by atoms with Gasteiger partial charge in [-0.25, -0.2) is 12.7 Å². The third-order valence-electron chi connectivity index (χ3n) is 3.74. The maximum absolute atomic E-state index is 12.4. The normalized spacial score (nSPS) is 14.5. The second-order valence-corrected chi connectivity index (χ2v) is 8.21. The fourth-order valence-corrected chi connectivity index (χ4v) is 3.18. The fourth-order valence-electron chi connectivity index (χ4n) is 2.10. The zero-order chi connectivity index (χ0) is 19.3. The SMILES string of the molecule is COc1ccc(/C=C/C(=O)NCC(=O)NC2CC2)cc1S(=O)(=O)N(C)C. The van der Waals surface area contributed by atoms with Crippen molar-refractivity contribution in [1.29, 1.82) is 0 Å². The van der Waals surface area contributed by atoms with Crippen LogP contribution in [0.4, 0.5) is 0 Å². The molecular weight excluding hydrogens is 358 g/mol. The Morgan fingerprint density at radius 3 is 2.58 bits per heavy atom. The molecule has 0 atom stereocenters. The van der Waals surface area contributed by atoms with E-state index >= 15 is 0 Å². The molecule has 0 spiro atoms. The van der Waals surface area contributed by atoms with Crippen LogP contribution in [0.3, 0.4) is 0 Å². The molecule has 142 valence electrons. The summed E-state index contributed by atoms with van der Waals surface area (Å²) in [5.41, 5.74) is 0.517. The van der Waals surface area contributed by atoms with Crippen LogP contribution in [0, 0.1) is 0 Å². The lowest BCUT2D eigenvalue weighted by atomic mass is 10.2. The maximum Gasteiger partial charge on any atom is 0.246 e. The topological polar surface area (TPSA) is 105 Å². The molecule has 1 saturated carbocycles. The lowest BCUT2D eigenvalue weighted by Crippen LogP contribution is -2.37. The molecule has 2 rings (SSSR count). The lowest BCUT2D eigenvalue weighted by Gasteiger charge is -2.15. The number of benzene rings is 1. The van der Waals surface area contributed by atoms with Gasteiger partial charge >= 0.3 is 0 Å². The fraction of sp³-hybridized carbons (Fsp3) is 0.412. The van der Waals surface area contributed by atoms with Crippen LogP contribution in [-0.4, -0.2) is 58.3 Å². The van der Waals surface area contributed by atoms with Crippen LogP contribution in [0.15, 0.2) is 29.2 Å². The van der Waals surface area contributed by atoms with Gasteiger partial charge in [0, 0.05) is 26.2 Å². The third kappa shape index (κ3) is 5.30. The first-order valence-corrected chi connectivity index (χ1v) is 9.54. The second-order valence-electron chi connectivity index (χ2n) is 6.09. The van der Waals surface area contributed by atoms with Gasteiger partial charge in [0.05, 0.1) is 13.7 Å². The molecule has 2 amide bonds. The van der Waals surface area contributed by atoms with Crippen molar-refractivity contribution in [2.75, 3.05) is 27.7 Å². The predicted octanol–water partition coefficient (Wildman–Crippen LogP) is 0.354. The standard InChI is InChI=1S/C17H23N3O5S/c1-20(2)26(23,24)15-10-12(4-8-14(15)25-3)5-9-16(21)18-11-17(22)19-13-6-7-13/h4-5,8-10,13H,6-7,11H2,1-3H3,(H,18,21)(H,19,22)/b9-5+. The van der Waals surface area contributed by atoms with Crippen LogP contribution in [0.2, 0.25) is 0 Å². The summed E-state index contributed by atoms with van der Waals surface area (Å²) < 4.78 is 30.9. The van der Waals surface area contributed by atoms with Gasteiger partial charge in [0.25, 0.3) is 0 Å². The van der Waals surface area contributed by atoms with Crippen molar-refractivity contribution in [2.24, 2.45) is 0 Å². The predicted molar refractivity (Wildman–Crippen MR) is 97.1 cm³/mol. The van der Waals surface area contributed by atoms with E-state index in [1.165, 1.54) is 45.5 Å². The Balaban J connectivity index is 2.05. The van der Waals surface area contributed by atoms with Gasteiger partial charge in [-0.05, 0) is 36.6 Å². The Morgan fingerprint density at radius 2 is 2.00 bits per heavy atom. The van der Waals surface area contributed by atoms with Gasteiger partial charge in [-0.3, -0.25) is 9.59 Å². The van der Waals surface area contributed by atoms with Crippen molar-refractivity contribution in [3.63, 3.8) is 0 Å². The number of rotatable bonds is 8. The third-order valence-corrected chi connectivity index (χ3v) is 5.58. The highest BCUT2D eigenvalue weighted by Crippen LogP contribution is 2.27. The van der Waals surface area contributed by atoms with E-state index in [0.717, 1.165) is 17.1 Å². The number of sulfonamides is 1. The van der Waals surface area contributed by atoms with E-state index in [-0.39, 0.29) is 29.1 Å². The first kappa shape index (κ1) is 19.9. The van der Waals surface area contributed by atoms with E-state index in [2.05, 4.69) is 10.6 Å². The van der Waals surface area contributed by atoms with Crippen molar-refractivity contribution in [3.8, 4) is 5.75 Å². The summed E-state index contributed by atoms with van der Waals surface area (Å²) in [4.78, 5) is 23.3. The monoisotopic (exact) mass is 381 g/mol. The molecular formula is C17H23N3O5S. The van der Waals surface area contributed by atoms with Gasteiger partial charge in [-0.2, -0.15) is 0 Å². The number of hydrogen-bond donors (Lipinski definition) is 2. The van der Waals surface area contributed by atoms with Crippen molar-refractivity contribution in [1.82, 2.24) is 14.9 Å². The van der Waals surface area contributed by atoms with E-state index in [9.17, 15) is 18.0 Å². The van der Waals surface area contributed by atoms with E-state index in [1.54, 1.807) is 6.07 Å². The minimum Gasteiger partial charge on any atom is -0.495 e. The Hall–Kier alpha value is -2.39. The maximum atomic E-state index is 12.4. The molecule has 26 heavy (non-hydrogen) atoms. The molecule has 0 aromatic heterocycles. The van der Waals surface area contributed by atoms with Gasteiger partial charge in [-0.15, -0.1) is 0 Å². The summed E-state index contributed by atoms with van der Waals surface area (Å²) in [7, 11) is 0.558. The summed E-state index contributed by atoms with van der Waals surface area (Å²) >= 11 is 0. The van der Waals surface area contributed by atoms with Crippen LogP contribution < -0.4 is 15.4 Å². The molecule has 1 aromatic rings. The first-order chi connectivity index (χ1) is 12.2. The summed E-state index contributed by atoms with van der Waals surface area (Å²) in [6.45, 7) is -0.0947. The van der Waals surface area contributed by atoms with E-state index in [0.29, 0.717) is 5.56 Å². The van der Waals surface area contributed by atoms with Gasteiger partial charge < -0.3 is 15.4 Å². The number of carbonyl (C=O) groups excluding carboxylic acids is 2. The Bertz CT molecular complexity index is 814. The number of amides is 2. The number of nitrogens with zero attached hydrogens (tertiary/aromatic N) is 1. The lowest BCUT2D eigenvalue weighted by molar-refractivity contribution is -0.124. The second kappa shape index (κ2) is 8.33. The minimum absolute atomic E-state index is 0.0105. The largest absolute Gasteiger partial charge is 0.495 e. The van der Waals surface area contributed by atoms with Crippen LogP contribution in [0.25, 0.3) is 6.08 Å². The number of nitrogens with one attached hydrogen (secondary N) is 2. The van der Waals surface area contributed by atoms with Crippen LogP contribution in [-0.2, 0) is 19.6 Å². The van der Waals surface area contributed by atoms with E-state index in [1.807, 2.05) is 0 Å². The highest BCUT2D eigenvalue weighted by atomic mass is 32.2. The molecule has 2 N–H and O–H groups in total. The van der Waals surface area contributed by atoms with Crippen molar-refractivity contribution in [2.45, 2.75) is 23.8 Å². The molecule has 0 unspecified atom stereocenters. The number of ether oxygens (including phenoxy) is 1. The molecule has 9 heteroatoms. The first-order valence-electron chi connectivity index (χ1n) is 8.10. The van der Waals surface area contributed by atoms with E-state index < -0.39 is 15.9 Å².